The molecule has 2 N–H and O–H groups in total. The monoisotopic (exact) mass is 297 g/mol. The van der Waals surface area contributed by atoms with Crippen molar-refractivity contribution < 1.29 is 4.55 Å². The van der Waals surface area contributed by atoms with Gasteiger partial charge in [0.2, 0.25) is 0 Å². The SMILES string of the molecule is CC(N[S@+]([O-])C(C)(C)C)c1cc(-c2c[nH]cn2)cs1. The molecule has 0 aliphatic heterocycles. The molecule has 2 heterocycles. The molecule has 0 aliphatic carbocycles. The van der Waals surface area contributed by atoms with Crippen LogP contribution < -0.4 is 4.72 Å². The fourth-order valence-electron chi connectivity index (χ4n) is 1.53. The molecule has 2 aromatic rings. The van der Waals surface area contributed by atoms with Gasteiger partial charge in [0, 0.05) is 33.4 Å². The summed E-state index contributed by atoms with van der Waals surface area (Å²) < 4.78 is 15.0. The van der Waals surface area contributed by atoms with Gasteiger partial charge in [-0.2, -0.15) is 0 Å². The fraction of sp³-hybridized carbons (Fsp3) is 0.462. The molecular weight excluding hydrogens is 278 g/mol. The summed E-state index contributed by atoms with van der Waals surface area (Å²) in [6.45, 7) is 7.93. The van der Waals surface area contributed by atoms with Crippen LogP contribution >= 0.6 is 11.3 Å². The third kappa shape index (κ3) is 3.60. The van der Waals surface area contributed by atoms with Crippen molar-refractivity contribution >= 4 is 22.7 Å². The highest BCUT2D eigenvalue weighted by atomic mass is 32.2. The minimum absolute atomic E-state index is 0.0674. The topological polar surface area (TPSA) is 63.8 Å². The molecule has 6 heteroatoms. The van der Waals surface area contributed by atoms with Crippen LogP contribution in [0, 0.1) is 0 Å². The Morgan fingerprint density at radius 1 is 1.47 bits per heavy atom. The molecule has 0 saturated carbocycles. The van der Waals surface area contributed by atoms with E-state index in [9.17, 15) is 4.55 Å². The molecule has 0 aromatic carbocycles. The van der Waals surface area contributed by atoms with Crippen LogP contribution in [-0.2, 0) is 11.4 Å². The highest BCUT2D eigenvalue weighted by Gasteiger charge is 2.28. The first-order chi connectivity index (χ1) is 8.88. The first kappa shape index (κ1) is 14.6. The largest absolute Gasteiger partial charge is 0.598 e. The van der Waals surface area contributed by atoms with Crippen molar-refractivity contribution in [2.24, 2.45) is 0 Å². The molecule has 0 aliphatic rings. The summed E-state index contributed by atoms with van der Waals surface area (Å²) in [5, 5.41) is 2.07. The van der Waals surface area contributed by atoms with Crippen molar-refractivity contribution in [2.45, 2.75) is 38.5 Å². The molecule has 2 atom stereocenters. The smallest absolute Gasteiger partial charge is 0.136 e. The number of aromatic amines is 1. The van der Waals surface area contributed by atoms with Gasteiger partial charge in [-0.3, -0.25) is 0 Å². The minimum Gasteiger partial charge on any atom is -0.598 e. The maximum Gasteiger partial charge on any atom is 0.136 e. The second-order valence-electron chi connectivity index (χ2n) is 5.41. The van der Waals surface area contributed by atoms with Gasteiger partial charge in [0.25, 0.3) is 0 Å². The summed E-state index contributed by atoms with van der Waals surface area (Å²) in [7, 11) is 0. The van der Waals surface area contributed by atoms with Gasteiger partial charge < -0.3 is 9.54 Å². The summed E-state index contributed by atoms with van der Waals surface area (Å²) >= 11 is 0.597. The quantitative estimate of drug-likeness (QED) is 0.851. The van der Waals surface area contributed by atoms with Crippen molar-refractivity contribution in [1.82, 2.24) is 14.7 Å². The first-order valence-corrected chi connectivity index (χ1v) is 8.16. The lowest BCUT2D eigenvalue weighted by atomic mass is 10.2. The number of aromatic nitrogens is 2. The van der Waals surface area contributed by atoms with Gasteiger partial charge in [-0.05, 0) is 33.8 Å². The molecule has 0 spiro atoms. The van der Waals surface area contributed by atoms with Gasteiger partial charge in [-0.15, -0.1) is 16.1 Å². The summed E-state index contributed by atoms with van der Waals surface area (Å²) in [5.41, 5.74) is 2.03. The van der Waals surface area contributed by atoms with E-state index in [0.717, 1.165) is 16.1 Å². The van der Waals surface area contributed by atoms with Crippen LogP contribution in [0.5, 0.6) is 0 Å². The molecule has 2 rings (SSSR count). The molecule has 4 nitrogen and oxygen atoms in total. The highest BCUT2D eigenvalue weighted by molar-refractivity contribution is 7.90. The second-order valence-corrected chi connectivity index (χ2v) is 8.35. The number of nitrogens with one attached hydrogen (secondary N) is 2. The Balaban J connectivity index is 2.06. The summed E-state index contributed by atoms with van der Waals surface area (Å²) in [6, 6.07) is 2.16. The zero-order valence-corrected chi connectivity index (χ0v) is 13.2. The Bertz CT molecular complexity index is 516. The predicted molar refractivity (Wildman–Crippen MR) is 81.3 cm³/mol. The molecular formula is C13H19N3OS2. The van der Waals surface area contributed by atoms with Crippen molar-refractivity contribution in [1.29, 1.82) is 0 Å². The summed E-state index contributed by atoms with van der Waals surface area (Å²) in [5.74, 6) is 0. The van der Waals surface area contributed by atoms with Gasteiger partial charge >= 0.3 is 0 Å². The maximum absolute atomic E-state index is 12.1. The molecule has 19 heavy (non-hydrogen) atoms. The number of thiophene rings is 1. The van der Waals surface area contributed by atoms with Gasteiger partial charge in [-0.25, -0.2) is 4.98 Å². The molecule has 0 amide bonds. The fourth-order valence-corrected chi connectivity index (χ4v) is 3.31. The zero-order chi connectivity index (χ0) is 14.0. The summed E-state index contributed by atoms with van der Waals surface area (Å²) in [4.78, 5) is 8.34. The number of nitrogens with zero attached hydrogens (tertiary/aromatic N) is 1. The van der Waals surface area contributed by atoms with E-state index in [2.05, 4.69) is 26.1 Å². The average molecular weight is 297 g/mol. The Kier molecular flexibility index (Phi) is 4.35. The van der Waals surface area contributed by atoms with Crippen molar-refractivity contribution in [2.75, 3.05) is 0 Å². The maximum atomic E-state index is 12.1. The van der Waals surface area contributed by atoms with E-state index in [1.807, 2.05) is 33.9 Å². The third-order valence-electron chi connectivity index (χ3n) is 2.68. The van der Waals surface area contributed by atoms with Gasteiger partial charge in [0.05, 0.1) is 18.1 Å². The lowest BCUT2D eigenvalue weighted by Crippen LogP contribution is -2.40. The van der Waals surface area contributed by atoms with Gasteiger partial charge in [0.1, 0.15) is 4.75 Å². The average Bonchev–Trinajstić information content (AvgIpc) is 2.98. The number of imidazole rings is 1. The van der Waals surface area contributed by atoms with E-state index in [4.69, 9.17) is 0 Å². The van der Waals surface area contributed by atoms with Crippen molar-refractivity contribution in [3.63, 3.8) is 0 Å². The van der Waals surface area contributed by atoms with Crippen LogP contribution in [0.3, 0.4) is 0 Å². The minimum atomic E-state index is -1.06. The van der Waals surface area contributed by atoms with E-state index in [1.54, 1.807) is 17.7 Å². The number of rotatable bonds is 4. The number of hydrogen-bond donors (Lipinski definition) is 2. The number of hydrogen-bond acceptors (Lipinski definition) is 4. The van der Waals surface area contributed by atoms with Crippen LogP contribution in [0.25, 0.3) is 11.3 Å². The van der Waals surface area contributed by atoms with E-state index < -0.39 is 11.4 Å². The molecule has 104 valence electrons. The van der Waals surface area contributed by atoms with E-state index in [1.165, 1.54) is 0 Å². The first-order valence-electron chi connectivity index (χ1n) is 6.13. The molecule has 1 unspecified atom stereocenters. The van der Waals surface area contributed by atoms with E-state index in [-0.39, 0.29) is 10.8 Å². The van der Waals surface area contributed by atoms with Crippen LogP contribution in [0.4, 0.5) is 0 Å². The Morgan fingerprint density at radius 2 is 2.21 bits per heavy atom. The highest BCUT2D eigenvalue weighted by Crippen LogP contribution is 2.29. The summed E-state index contributed by atoms with van der Waals surface area (Å²) in [6.07, 6.45) is 3.54. The molecule has 0 radical (unpaired) electrons. The van der Waals surface area contributed by atoms with Crippen molar-refractivity contribution in [3.05, 3.63) is 28.8 Å². The lowest BCUT2D eigenvalue weighted by Gasteiger charge is -2.26. The lowest BCUT2D eigenvalue weighted by molar-refractivity contribution is 0.532. The number of H-pyrrole nitrogens is 1. The van der Waals surface area contributed by atoms with Crippen LogP contribution in [0.15, 0.2) is 24.0 Å². The normalized spacial score (nSPS) is 15.4. The van der Waals surface area contributed by atoms with E-state index in [0.29, 0.717) is 0 Å². The van der Waals surface area contributed by atoms with Crippen molar-refractivity contribution in [3.8, 4) is 11.3 Å². The van der Waals surface area contributed by atoms with Gasteiger partial charge in [0.15, 0.2) is 0 Å². The van der Waals surface area contributed by atoms with Crippen LogP contribution in [-0.4, -0.2) is 19.3 Å². The Morgan fingerprint density at radius 3 is 2.79 bits per heavy atom. The van der Waals surface area contributed by atoms with Crippen LogP contribution in [0.2, 0.25) is 0 Å². The van der Waals surface area contributed by atoms with E-state index >= 15 is 0 Å². The molecule has 0 bridgehead atoms. The predicted octanol–water partition coefficient (Wildman–Crippen LogP) is 3.25. The molecule has 0 fully saturated rings. The third-order valence-corrected chi connectivity index (χ3v) is 5.48. The molecule has 0 saturated heterocycles. The van der Waals surface area contributed by atoms with Gasteiger partial charge in [-0.1, -0.05) is 0 Å². The van der Waals surface area contributed by atoms with Crippen LogP contribution in [0.1, 0.15) is 38.6 Å². The Labute approximate surface area is 121 Å². The zero-order valence-electron chi connectivity index (χ0n) is 11.6. The second kappa shape index (κ2) is 5.66. The Hall–Kier alpha value is -0.820. The molecule has 2 aromatic heterocycles. The standard InChI is InChI=1S/C13H19N3OS2/c1-9(16-19(17)13(2,3)4)12-5-10(7-18-12)11-6-14-8-15-11/h5-9,16H,1-4H3,(H,14,15)/t9?,19-/m1/s1.